The molecule has 0 aliphatic rings. The van der Waals surface area contributed by atoms with Crippen molar-refractivity contribution in [1.82, 2.24) is 5.43 Å². The number of methoxy groups -OCH3 is 1. The Morgan fingerprint density at radius 2 is 2.04 bits per heavy atom. The quantitative estimate of drug-likeness (QED) is 0.442. The summed E-state index contributed by atoms with van der Waals surface area (Å²) in [6.07, 6.45) is 1.39. The molecule has 0 bridgehead atoms. The van der Waals surface area contributed by atoms with E-state index in [1.165, 1.54) is 6.21 Å². The third-order valence-corrected chi connectivity index (χ3v) is 4.14. The molecule has 1 amide bonds. The number of hydrogen-bond acceptors (Lipinski definition) is 5. The number of ether oxygens (including phenoxy) is 2. The molecule has 0 fully saturated rings. The van der Waals surface area contributed by atoms with Crippen LogP contribution >= 0.6 is 23.2 Å². The van der Waals surface area contributed by atoms with Crippen LogP contribution in [-0.2, 0) is 4.79 Å². The molecule has 0 aliphatic carbocycles. The summed E-state index contributed by atoms with van der Waals surface area (Å²) in [5, 5.41) is 4.87. The van der Waals surface area contributed by atoms with Crippen LogP contribution in [0.3, 0.4) is 0 Å². The summed E-state index contributed by atoms with van der Waals surface area (Å²) in [6.45, 7) is -0.189. The third kappa shape index (κ3) is 5.28. The summed E-state index contributed by atoms with van der Waals surface area (Å²) in [5.41, 5.74) is 3.16. The standard InChI is InChI=1S/C20H16Cl2N2O4/c1-26-19-7-5-13(9-17(19)22)18-8-6-16(28-18)11-23-24-20(25)12-27-15-4-2-3-14(21)10-15/h2-11H,12H2,1H3,(H,24,25)/b23-11+. The molecule has 0 atom stereocenters. The summed E-state index contributed by atoms with van der Waals surface area (Å²) in [6, 6.07) is 15.6. The second-order valence-electron chi connectivity index (χ2n) is 5.59. The number of halogens is 2. The van der Waals surface area contributed by atoms with Crippen molar-refractivity contribution in [1.29, 1.82) is 0 Å². The Kier molecular flexibility index (Phi) is 6.57. The molecule has 6 nitrogen and oxygen atoms in total. The molecule has 0 radical (unpaired) electrons. The summed E-state index contributed by atoms with van der Waals surface area (Å²) in [4.78, 5) is 11.8. The number of carbonyl (C=O) groups is 1. The van der Waals surface area contributed by atoms with Crippen molar-refractivity contribution >= 4 is 35.3 Å². The van der Waals surface area contributed by atoms with Crippen LogP contribution in [0.2, 0.25) is 10.0 Å². The van der Waals surface area contributed by atoms with Gasteiger partial charge in [0, 0.05) is 10.6 Å². The Morgan fingerprint density at radius 3 is 2.79 bits per heavy atom. The average molecular weight is 419 g/mol. The largest absolute Gasteiger partial charge is 0.495 e. The van der Waals surface area contributed by atoms with Gasteiger partial charge in [0.25, 0.3) is 5.91 Å². The van der Waals surface area contributed by atoms with Gasteiger partial charge in [0.05, 0.1) is 18.3 Å². The molecular weight excluding hydrogens is 403 g/mol. The van der Waals surface area contributed by atoms with E-state index in [9.17, 15) is 4.79 Å². The number of hydrazone groups is 1. The molecule has 1 heterocycles. The predicted octanol–water partition coefficient (Wildman–Crippen LogP) is 4.79. The van der Waals surface area contributed by atoms with Crippen molar-refractivity contribution in [3.63, 3.8) is 0 Å². The van der Waals surface area contributed by atoms with Crippen LogP contribution in [-0.4, -0.2) is 25.8 Å². The third-order valence-electron chi connectivity index (χ3n) is 3.61. The van der Waals surface area contributed by atoms with Crippen LogP contribution in [0.25, 0.3) is 11.3 Å². The summed E-state index contributed by atoms with van der Waals surface area (Å²) >= 11 is 12.0. The number of benzene rings is 2. The lowest BCUT2D eigenvalue weighted by Crippen LogP contribution is -2.24. The molecule has 0 aliphatic heterocycles. The number of hydrogen-bond donors (Lipinski definition) is 1. The lowest BCUT2D eigenvalue weighted by Gasteiger charge is -2.04. The van der Waals surface area contributed by atoms with Gasteiger partial charge >= 0.3 is 0 Å². The minimum absolute atomic E-state index is 0.189. The summed E-state index contributed by atoms with van der Waals surface area (Å²) in [5.74, 6) is 1.76. The van der Waals surface area contributed by atoms with Crippen LogP contribution in [0.4, 0.5) is 0 Å². The smallest absolute Gasteiger partial charge is 0.277 e. The van der Waals surface area contributed by atoms with Crippen LogP contribution < -0.4 is 14.9 Å². The van der Waals surface area contributed by atoms with Crippen molar-refractivity contribution in [3.05, 3.63) is 70.4 Å². The van der Waals surface area contributed by atoms with Gasteiger partial charge in [0.15, 0.2) is 6.61 Å². The van der Waals surface area contributed by atoms with Gasteiger partial charge in [-0.3, -0.25) is 4.79 Å². The van der Waals surface area contributed by atoms with E-state index in [2.05, 4.69) is 10.5 Å². The predicted molar refractivity (Wildman–Crippen MR) is 108 cm³/mol. The molecule has 0 spiro atoms. The van der Waals surface area contributed by atoms with E-state index in [0.717, 1.165) is 5.56 Å². The maximum Gasteiger partial charge on any atom is 0.277 e. The minimum atomic E-state index is -0.412. The molecule has 3 aromatic rings. The van der Waals surface area contributed by atoms with Crippen molar-refractivity contribution in [2.75, 3.05) is 13.7 Å². The Hall–Kier alpha value is -2.96. The van der Waals surface area contributed by atoms with E-state index >= 15 is 0 Å². The SMILES string of the molecule is COc1ccc(-c2ccc(/C=N/NC(=O)COc3cccc(Cl)c3)o2)cc1Cl. The van der Waals surface area contributed by atoms with E-state index in [1.807, 2.05) is 6.07 Å². The van der Waals surface area contributed by atoms with E-state index in [0.29, 0.717) is 33.1 Å². The highest BCUT2D eigenvalue weighted by molar-refractivity contribution is 6.32. The molecule has 144 valence electrons. The van der Waals surface area contributed by atoms with Gasteiger partial charge < -0.3 is 13.9 Å². The number of amides is 1. The highest BCUT2D eigenvalue weighted by atomic mass is 35.5. The van der Waals surface area contributed by atoms with E-state index < -0.39 is 5.91 Å². The Labute approximate surface area is 171 Å². The fraction of sp³-hybridized carbons (Fsp3) is 0.100. The first-order valence-electron chi connectivity index (χ1n) is 8.19. The highest BCUT2D eigenvalue weighted by Crippen LogP contribution is 2.30. The first kappa shape index (κ1) is 19.8. The molecule has 8 heteroatoms. The first-order chi connectivity index (χ1) is 13.5. The van der Waals surface area contributed by atoms with E-state index in [1.54, 1.807) is 55.6 Å². The number of nitrogens with zero attached hydrogens (tertiary/aromatic N) is 1. The van der Waals surface area contributed by atoms with Gasteiger partial charge in [-0.2, -0.15) is 5.10 Å². The Bertz CT molecular complexity index is 1000. The Balaban J connectivity index is 1.53. The summed E-state index contributed by atoms with van der Waals surface area (Å²) in [7, 11) is 1.55. The average Bonchev–Trinajstić information content (AvgIpc) is 3.15. The van der Waals surface area contributed by atoms with Gasteiger partial charge in [-0.15, -0.1) is 0 Å². The van der Waals surface area contributed by atoms with Crippen molar-refractivity contribution in [2.45, 2.75) is 0 Å². The van der Waals surface area contributed by atoms with Gasteiger partial charge in [-0.25, -0.2) is 5.43 Å². The highest BCUT2D eigenvalue weighted by Gasteiger charge is 2.08. The molecule has 0 unspecified atom stereocenters. The van der Waals surface area contributed by atoms with Gasteiger partial charge in [-0.05, 0) is 48.5 Å². The molecule has 28 heavy (non-hydrogen) atoms. The first-order valence-corrected chi connectivity index (χ1v) is 8.95. The second kappa shape index (κ2) is 9.30. The lowest BCUT2D eigenvalue weighted by atomic mass is 10.2. The number of carbonyl (C=O) groups excluding carboxylic acids is 1. The topological polar surface area (TPSA) is 73.1 Å². The lowest BCUT2D eigenvalue weighted by molar-refractivity contribution is -0.123. The van der Waals surface area contributed by atoms with Crippen LogP contribution in [0, 0.1) is 0 Å². The molecule has 3 rings (SSSR count). The van der Waals surface area contributed by atoms with Crippen molar-refractivity contribution in [3.8, 4) is 22.8 Å². The van der Waals surface area contributed by atoms with Gasteiger partial charge in [0.2, 0.25) is 0 Å². The van der Waals surface area contributed by atoms with E-state index in [-0.39, 0.29) is 6.61 Å². The van der Waals surface area contributed by atoms with Crippen molar-refractivity contribution in [2.24, 2.45) is 5.10 Å². The fourth-order valence-corrected chi connectivity index (χ4v) is 2.74. The summed E-state index contributed by atoms with van der Waals surface area (Å²) < 4.78 is 16.1. The molecule has 0 saturated carbocycles. The zero-order valence-electron chi connectivity index (χ0n) is 14.8. The van der Waals surface area contributed by atoms with Crippen LogP contribution in [0.5, 0.6) is 11.5 Å². The van der Waals surface area contributed by atoms with Crippen LogP contribution in [0.1, 0.15) is 5.76 Å². The zero-order chi connectivity index (χ0) is 19.9. The zero-order valence-corrected chi connectivity index (χ0v) is 16.3. The molecule has 2 aromatic carbocycles. The minimum Gasteiger partial charge on any atom is -0.495 e. The van der Waals surface area contributed by atoms with E-state index in [4.69, 9.17) is 37.1 Å². The number of nitrogens with one attached hydrogen (secondary N) is 1. The van der Waals surface area contributed by atoms with Crippen LogP contribution in [0.15, 0.2) is 64.1 Å². The normalized spacial score (nSPS) is 10.8. The van der Waals surface area contributed by atoms with Crippen molar-refractivity contribution < 1.29 is 18.7 Å². The maximum atomic E-state index is 11.8. The Morgan fingerprint density at radius 1 is 1.18 bits per heavy atom. The van der Waals surface area contributed by atoms with Gasteiger partial charge in [0.1, 0.15) is 23.0 Å². The molecule has 1 aromatic heterocycles. The number of rotatable bonds is 7. The molecule has 0 saturated heterocycles. The monoisotopic (exact) mass is 418 g/mol. The second-order valence-corrected chi connectivity index (χ2v) is 6.43. The molecule has 1 N–H and O–H groups in total. The fourth-order valence-electron chi connectivity index (χ4n) is 2.30. The molecular formula is C20H16Cl2N2O4. The maximum absolute atomic E-state index is 11.8. The number of furan rings is 1. The van der Waals surface area contributed by atoms with Gasteiger partial charge in [-0.1, -0.05) is 29.3 Å².